The molecule has 2 aromatic carbocycles. The van der Waals surface area contributed by atoms with Gasteiger partial charge >= 0.3 is 0 Å². The number of sulfone groups is 1. The summed E-state index contributed by atoms with van der Waals surface area (Å²) >= 11 is 0. The molecule has 10 heteroatoms. The van der Waals surface area contributed by atoms with Gasteiger partial charge < -0.3 is 11.5 Å². The summed E-state index contributed by atoms with van der Waals surface area (Å²) in [6.07, 6.45) is -0.492. The molecule has 3 amide bonds. The van der Waals surface area contributed by atoms with E-state index in [2.05, 4.69) is 0 Å². The van der Waals surface area contributed by atoms with E-state index in [0.29, 0.717) is 5.56 Å². The number of nitriles is 1. The number of hydrogen-bond donors (Lipinski definition) is 2. The molecule has 0 saturated heterocycles. The smallest absolute Gasteiger partial charge is 0.248 e. The number of carbonyl (C=O) groups excluding carboxylic acids is 3. The highest BCUT2D eigenvalue weighted by atomic mass is 32.2. The fraction of sp³-hybridized carbons (Fsp3) is 0.238. The molecule has 0 fully saturated rings. The van der Waals surface area contributed by atoms with E-state index in [1.807, 2.05) is 6.07 Å². The first-order valence-corrected chi connectivity index (χ1v) is 11.1. The summed E-state index contributed by atoms with van der Waals surface area (Å²) in [4.78, 5) is 37.0. The molecule has 0 saturated carbocycles. The maximum absolute atomic E-state index is 13.1. The summed E-state index contributed by atoms with van der Waals surface area (Å²) in [7, 11) is -3.77. The zero-order chi connectivity index (χ0) is 23.0. The Hall–Kier alpha value is -3.71. The van der Waals surface area contributed by atoms with Crippen LogP contribution in [0.5, 0.6) is 0 Å². The molecular formula is C21H22N4O5S. The van der Waals surface area contributed by atoms with E-state index in [-0.39, 0.29) is 23.5 Å². The fourth-order valence-corrected chi connectivity index (χ4v) is 4.74. The number of carbonyl (C=O) groups is 3. The highest BCUT2D eigenvalue weighted by molar-refractivity contribution is 7.90. The number of anilines is 1. The van der Waals surface area contributed by atoms with Crippen molar-refractivity contribution in [2.45, 2.75) is 12.2 Å². The largest absolute Gasteiger partial charge is 0.370 e. The molecular weight excluding hydrogens is 420 g/mol. The first-order valence-electron chi connectivity index (χ1n) is 9.24. The topological polar surface area (TPSA) is 164 Å². The summed E-state index contributed by atoms with van der Waals surface area (Å²) in [5.74, 6) is -4.41. The zero-order valence-electron chi connectivity index (χ0n) is 16.6. The average molecular weight is 442 g/mol. The van der Waals surface area contributed by atoms with Gasteiger partial charge in [-0.2, -0.15) is 5.26 Å². The minimum atomic E-state index is -3.77. The maximum atomic E-state index is 13.1. The molecule has 0 aliphatic carbocycles. The molecule has 0 aliphatic heterocycles. The number of nitrogens with two attached hydrogens (primary N) is 2. The molecule has 4 N–H and O–H groups in total. The Morgan fingerprint density at radius 2 is 1.61 bits per heavy atom. The van der Waals surface area contributed by atoms with Crippen molar-refractivity contribution in [3.8, 4) is 6.07 Å². The van der Waals surface area contributed by atoms with Crippen molar-refractivity contribution in [2.75, 3.05) is 17.2 Å². The van der Waals surface area contributed by atoms with Crippen molar-refractivity contribution < 1.29 is 22.8 Å². The van der Waals surface area contributed by atoms with Gasteiger partial charge in [0.1, 0.15) is 6.54 Å². The van der Waals surface area contributed by atoms with E-state index >= 15 is 0 Å². The summed E-state index contributed by atoms with van der Waals surface area (Å²) in [5, 5.41) is 9.15. The van der Waals surface area contributed by atoms with Gasteiger partial charge in [0.25, 0.3) is 0 Å². The van der Waals surface area contributed by atoms with Gasteiger partial charge in [0.15, 0.2) is 9.84 Å². The van der Waals surface area contributed by atoms with Crippen molar-refractivity contribution in [1.29, 1.82) is 5.26 Å². The normalized spacial score (nSPS) is 11.8. The van der Waals surface area contributed by atoms with Crippen LogP contribution in [0.1, 0.15) is 22.3 Å². The van der Waals surface area contributed by atoms with Crippen LogP contribution in [0, 0.1) is 17.2 Å². The number of benzene rings is 2. The quantitative estimate of drug-likeness (QED) is 0.515. The van der Waals surface area contributed by atoms with Crippen LogP contribution in [-0.4, -0.2) is 38.4 Å². The molecule has 31 heavy (non-hydrogen) atoms. The molecule has 0 aliphatic rings. The van der Waals surface area contributed by atoms with Gasteiger partial charge in [-0.25, -0.2) is 8.42 Å². The van der Waals surface area contributed by atoms with Crippen LogP contribution in [0.15, 0.2) is 54.6 Å². The molecule has 0 spiro atoms. The summed E-state index contributed by atoms with van der Waals surface area (Å²) in [6, 6.07) is 15.9. The van der Waals surface area contributed by atoms with Crippen LogP contribution in [0.25, 0.3) is 0 Å². The van der Waals surface area contributed by atoms with Crippen molar-refractivity contribution in [2.24, 2.45) is 17.4 Å². The van der Waals surface area contributed by atoms with Gasteiger partial charge in [0.05, 0.1) is 23.5 Å². The SMILES string of the molecule is N#CCN(C(=O)C(CC(N)=O)CS(=O)(=O)Cc1ccccc1)c1ccc(C(N)=O)cc1. The third-order valence-electron chi connectivity index (χ3n) is 4.44. The second-order valence-electron chi connectivity index (χ2n) is 6.90. The molecule has 2 aromatic rings. The molecule has 0 aromatic heterocycles. The number of hydrogen-bond acceptors (Lipinski definition) is 6. The van der Waals surface area contributed by atoms with E-state index in [0.717, 1.165) is 4.90 Å². The van der Waals surface area contributed by atoms with Gasteiger partial charge in [-0.05, 0) is 29.8 Å². The average Bonchev–Trinajstić information content (AvgIpc) is 2.71. The first-order chi connectivity index (χ1) is 14.6. The van der Waals surface area contributed by atoms with Crippen LogP contribution in [-0.2, 0) is 25.2 Å². The molecule has 2 rings (SSSR count). The zero-order valence-corrected chi connectivity index (χ0v) is 17.4. The summed E-state index contributed by atoms with van der Waals surface area (Å²) < 4.78 is 25.4. The first kappa shape index (κ1) is 23.6. The highest BCUT2D eigenvalue weighted by Gasteiger charge is 2.31. The van der Waals surface area contributed by atoms with Crippen molar-refractivity contribution >= 4 is 33.2 Å². The Kier molecular flexibility index (Phi) is 7.88. The monoisotopic (exact) mass is 442 g/mol. The van der Waals surface area contributed by atoms with Gasteiger partial charge in [0.2, 0.25) is 17.7 Å². The number of primary amides is 2. The third kappa shape index (κ3) is 6.94. The highest BCUT2D eigenvalue weighted by Crippen LogP contribution is 2.21. The van der Waals surface area contributed by atoms with Gasteiger partial charge in [-0.3, -0.25) is 19.3 Å². The van der Waals surface area contributed by atoms with Crippen LogP contribution in [0.4, 0.5) is 5.69 Å². The number of amides is 3. The molecule has 9 nitrogen and oxygen atoms in total. The van der Waals surface area contributed by atoms with Crippen LogP contribution >= 0.6 is 0 Å². The van der Waals surface area contributed by atoms with Gasteiger partial charge in [-0.15, -0.1) is 0 Å². The lowest BCUT2D eigenvalue weighted by molar-refractivity contribution is -0.126. The predicted molar refractivity (Wildman–Crippen MR) is 114 cm³/mol. The Morgan fingerprint density at radius 1 is 1.00 bits per heavy atom. The van der Waals surface area contributed by atoms with E-state index in [4.69, 9.17) is 16.7 Å². The van der Waals surface area contributed by atoms with Crippen molar-refractivity contribution in [3.05, 3.63) is 65.7 Å². The van der Waals surface area contributed by atoms with E-state index in [9.17, 15) is 22.8 Å². The third-order valence-corrected chi connectivity index (χ3v) is 6.12. The molecule has 1 unspecified atom stereocenters. The van der Waals surface area contributed by atoms with Gasteiger partial charge in [0, 0.05) is 17.7 Å². The minimum absolute atomic E-state index is 0.201. The molecule has 162 valence electrons. The fourth-order valence-electron chi connectivity index (χ4n) is 3.05. The second-order valence-corrected chi connectivity index (χ2v) is 9.01. The van der Waals surface area contributed by atoms with E-state index in [1.165, 1.54) is 24.3 Å². The predicted octanol–water partition coefficient (Wildman–Crippen LogP) is 0.749. The summed E-state index contributed by atoms with van der Waals surface area (Å²) in [5.41, 5.74) is 11.5. The Labute approximate surface area is 180 Å². The lowest BCUT2D eigenvalue weighted by Crippen LogP contribution is -2.41. The lowest BCUT2D eigenvalue weighted by atomic mass is 10.0. The molecule has 1 atom stereocenters. The number of rotatable bonds is 10. The van der Waals surface area contributed by atoms with Crippen molar-refractivity contribution in [3.63, 3.8) is 0 Å². The second kappa shape index (κ2) is 10.4. The lowest BCUT2D eigenvalue weighted by Gasteiger charge is -2.25. The van der Waals surface area contributed by atoms with Crippen LogP contribution in [0.2, 0.25) is 0 Å². The Balaban J connectivity index is 2.31. The van der Waals surface area contributed by atoms with Crippen LogP contribution < -0.4 is 16.4 Å². The molecule has 0 radical (unpaired) electrons. The molecule has 0 bridgehead atoms. The van der Waals surface area contributed by atoms with E-state index < -0.39 is 45.7 Å². The van der Waals surface area contributed by atoms with E-state index in [1.54, 1.807) is 30.3 Å². The summed E-state index contributed by atoms with van der Waals surface area (Å²) in [6.45, 7) is -0.386. The van der Waals surface area contributed by atoms with Crippen LogP contribution in [0.3, 0.4) is 0 Å². The minimum Gasteiger partial charge on any atom is -0.370 e. The van der Waals surface area contributed by atoms with Crippen molar-refractivity contribution in [1.82, 2.24) is 0 Å². The van der Waals surface area contributed by atoms with Gasteiger partial charge in [-0.1, -0.05) is 30.3 Å². The standard InChI is InChI=1S/C21H22N4O5S/c22-10-11-25(18-8-6-16(7-9-18)20(24)27)21(28)17(12-19(23)26)14-31(29,30)13-15-4-2-1-3-5-15/h1-9,17H,11-14H2,(H2,23,26)(H2,24,27). The Morgan fingerprint density at radius 3 is 2.13 bits per heavy atom. The number of nitrogens with zero attached hydrogens (tertiary/aromatic N) is 2. The molecule has 0 heterocycles. The maximum Gasteiger partial charge on any atom is 0.248 e. The Bertz CT molecular complexity index is 1090.